The van der Waals surface area contributed by atoms with Gasteiger partial charge in [0.25, 0.3) is 5.56 Å². The maximum atomic E-state index is 12.6. The lowest BCUT2D eigenvalue weighted by Gasteiger charge is -2.18. The van der Waals surface area contributed by atoms with E-state index in [-0.39, 0.29) is 24.8 Å². The Balaban J connectivity index is 1.52. The zero-order valence-corrected chi connectivity index (χ0v) is 16.4. The molecule has 0 bridgehead atoms. The number of ether oxygens (including phenoxy) is 2. The van der Waals surface area contributed by atoms with Crippen LogP contribution in [0.3, 0.4) is 0 Å². The zero-order chi connectivity index (χ0) is 20.4. The van der Waals surface area contributed by atoms with Crippen molar-refractivity contribution in [3.05, 3.63) is 69.2 Å². The Bertz CT molecular complexity index is 1170. The third-order valence-corrected chi connectivity index (χ3v) is 4.84. The lowest BCUT2D eigenvalue weighted by atomic mass is 10.2. The van der Waals surface area contributed by atoms with Gasteiger partial charge in [0.2, 0.25) is 12.7 Å². The summed E-state index contributed by atoms with van der Waals surface area (Å²) in [5.74, 6) is 1.28. The molecule has 2 aromatic carbocycles. The molecule has 0 saturated heterocycles. The van der Waals surface area contributed by atoms with Crippen molar-refractivity contribution >= 4 is 34.5 Å². The normalized spacial score (nSPS) is 12.6. The second-order valence-electron chi connectivity index (χ2n) is 6.45. The molecule has 7 nitrogen and oxygen atoms in total. The first-order chi connectivity index (χ1) is 14.0. The van der Waals surface area contributed by atoms with Crippen LogP contribution in [0, 0.1) is 0 Å². The fourth-order valence-electron chi connectivity index (χ4n) is 3.09. The van der Waals surface area contributed by atoms with Crippen LogP contribution < -0.4 is 15.0 Å². The van der Waals surface area contributed by atoms with Crippen LogP contribution in [0.4, 0.5) is 0 Å². The Hall–Kier alpha value is -3.32. The highest BCUT2D eigenvalue weighted by Gasteiger charge is 2.18. The van der Waals surface area contributed by atoms with E-state index in [0.717, 1.165) is 5.56 Å². The summed E-state index contributed by atoms with van der Waals surface area (Å²) in [6, 6.07) is 10.6. The third kappa shape index (κ3) is 3.95. The highest BCUT2D eigenvalue weighted by molar-refractivity contribution is 6.32. The monoisotopic (exact) mass is 411 g/mol. The molecule has 0 aliphatic carbocycles. The SMILES string of the molecule is CCN(Cc1nc2ccccc2c(=O)[nH]1)C(=O)/C=C/c1cc(Cl)c2c(c1)OCO2. The summed E-state index contributed by atoms with van der Waals surface area (Å²) in [6.45, 7) is 2.65. The van der Waals surface area contributed by atoms with Crippen molar-refractivity contribution in [1.29, 1.82) is 0 Å². The van der Waals surface area contributed by atoms with Gasteiger partial charge in [-0.1, -0.05) is 23.7 Å². The molecule has 0 unspecified atom stereocenters. The number of nitrogens with one attached hydrogen (secondary N) is 1. The molecule has 148 valence electrons. The van der Waals surface area contributed by atoms with Crippen LogP contribution in [0.25, 0.3) is 17.0 Å². The number of nitrogens with zero attached hydrogens (tertiary/aromatic N) is 2. The first-order valence-corrected chi connectivity index (χ1v) is 9.47. The topological polar surface area (TPSA) is 84.5 Å². The lowest BCUT2D eigenvalue weighted by Crippen LogP contribution is -2.30. The summed E-state index contributed by atoms with van der Waals surface area (Å²) in [5, 5.41) is 0.947. The van der Waals surface area contributed by atoms with Crippen LogP contribution in [-0.4, -0.2) is 34.1 Å². The van der Waals surface area contributed by atoms with Gasteiger partial charge in [-0.15, -0.1) is 0 Å². The summed E-state index contributed by atoms with van der Waals surface area (Å²) in [4.78, 5) is 33.7. The van der Waals surface area contributed by atoms with Crippen molar-refractivity contribution in [3.8, 4) is 11.5 Å². The predicted octanol–water partition coefficient (Wildman–Crippen LogP) is 3.37. The van der Waals surface area contributed by atoms with Crippen LogP contribution in [0.5, 0.6) is 11.5 Å². The first-order valence-electron chi connectivity index (χ1n) is 9.09. The molecular formula is C21H18ClN3O4. The van der Waals surface area contributed by atoms with Gasteiger partial charge in [0, 0.05) is 12.6 Å². The van der Waals surface area contributed by atoms with Crippen molar-refractivity contribution in [3.63, 3.8) is 0 Å². The molecule has 1 aliphatic rings. The summed E-state index contributed by atoms with van der Waals surface area (Å²) in [5.41, 5.74) is 1.10. The molecule has 0 fully saturated rings. The lowest BCUT2D eigenvalue weighted by molar-refractivity contribution is -0.126. The van der Waals surface area contributed by atoms with Gasteiger partial charge < -0.3 is 19.4 Å². The minimum atomic E-state index is -0.223. The van der Waals surface area contributed by atoms with Crippen molar-refractivity contribution in [1.82, 2.24) is 14.9 Å². The molecule has 0 radical (unpaired) electrons. The van der Waals surface area contributed by atoms with E-state index < -0.39 is 0 Å². The molecule has 0 saturated carbocycles. The fourth-order valence-corrected chi connectivity index (χ4v) is 3.37. The second-order valence-corrected chi connectivity index (χ2v) is 6.86. The summed E-state index contributed by atoms with van der Waals surface area (Å²) >= 11 is 6.17. The number of aromatic amines is 1. The number of H-pyrrole nitrogens is 1. The fraction of sp³-hybridized carbons (Fsp3) is 0.190. The van der Waals surface area contributed by atoms with Gasteiger partial charge >= 0.3 is 0 Å². The van der Waals surface area contributed by atoms with E-state index in [0.29, 0.717) is 39.8 Å². The minimum absolute atomic E-state index is 0.127. The summed E-state index contributed by atoms with van der Waals surface area (Å²) < 4.78 is 10.6. The number of carbonyl (C=O) groups is 1. The van der Waals surface area contributed by atoms with Gasteiger partial charge in [-0.05, 0) is 42.8 Å². The average molecular weight is 412 g/mol. The Morgan fingerprint density at radius 3 is 2.97 bits per heavy atom. The number of halogens is 1. The first kappa shape index (κ1) is 19.0. The molecule has 2 heterocycles. The quantitative estimate of drug-likeness (QED) is 0.651. The third-order valence-electron chi connectivity index (χ3n) is 4.56. The van der Waals surface area contributed by atoms with Gasteiger partial charge in [0.15, 0.2) is 11.5 Å². The van der Waals surface area contributed by atoms with Gasteiger partial charge in [0.1, 0.15) is 5.82 Å². The number of rotatable bonds is 5. The van der Waals surface area contributed by atoms with E-state index in [9.17, 15) is 9.59 Å². The Morgan fingerprint density at radius 1 is 1.31 bits per heavy atom. The summed E-state index contributed by atoms with van der Waals surface area (Å²) in [6.07, 6.45) is 3.12. The largest absolute Gasteiger partial charge is 0.454 e. The van der Waals surface area contributed by atoms with E-state index in [1.807, 2.05) is 13.0 Å². The van der Waals surface area contributed by atoms with E-state index in [2.05, 4.69) is 9.97 Å². The molecule has 1 N–H and O–H groups in total. The van der Waals surface area contributed by atoms with E-state index >= 15 is 0 Å². The molecule has 1 aliphatic heterocycles. The van der Waals surface area contributed by atoms with Gasteiger partial charge in [-0.3, -0.25) is 9.59 Å². The number of carbonyl (C=O) groups excluding carboxylic acids is 1. The summed E-state index contributed by atoms with van der Waals surface area (Å²) in [7, 11) is 0. The van der Waals surface area contributed by atoms with Crippen LogP contribution in [0.1, 0.15) is 18.3 Å². The highest BCUT2D eigenvalue weighted by atomic mass is 35.5. The number of amides is 1. The molecule has 3 aromatic rings. The van der Waals surface area contributed by atoms with Crippen LogP contribution in [-0.2, 0) is 11.3 Å². The van der Waals surface area contributed by atoms with Crippen LogP contribution in [0.15, 0.2) is 47.3 Å². The maximum Gasteiger partial charge on any atom is 0.258 e. The molecule has 4 rings (SSSR count). The highest BCUT2D eigenvalue weighted by Crippen LogP contribution is 2.40. The molecule has 1 aromatic heterocycles. The molecule has 0 spiro atoms. The van der Waals surface area contributed by atoms with E-state index in [1.54, 1.807) is 41.3 Å². The molecule has 0 atom stereocenters. The molecule has 8 heteroatoms. The van der Waals surface area contributed by atoms with Gasteiger partial charge in [0.05, 0.1) is 22.5 Å². The Morgan fingerprint density at radius 2 is 2.14 bits per heavy atom. The Labute approximate surface area is 171 Å². The standard InChI is InChI=1S/C21H18ClN3O4/c1-2-25(11-18-23-16-6-4-3-5-14(16)21(27)24-18)19(26)8-7-13-9-15(22)20-17(10-13)28-12-29-20/h3-10H,2,11-12H2,1H3,(H,23,24,27)/b8-7+. The molecule has 1 amide bonds. The molecular weight excluding hydrogens is 394 g/mol. The van der Waals surface area contributed by atoms with Crippen molar-refractivity contribution in [2.75, 3.05) is 13.3 Å². The van der Waals surface area contributed by atoms with Crippen LogP contribution >= 0.6 is 11.6 Å². The number of likely N-dealkylation sites (N-methyl/N-ethyl adjacent to an activating group) is 1. The minimum Gasteiger partial charge on any atom is -0.454 e. The Kier molecular flexibility index (Phi) is 5.22. The second kappa shape index (κ2) is 7.97. The zero-order valence-electron chi connectivity index (χ0n) is 15.6. The smallest absolute Gasteiger partial charge is 0.258 e. The van der Waals surface area contributed by atoms with E-state index in [1.165, 1.54) is 6.08 Å². The number of aromatic nitrogens is 2. The number of hydrogen-bond donors (Lipinski definition) is 1. The van der Waals surface area contributed by atoms with Gasteiger partial charge in [-0.2, -0.15) is 0 Å². The van der Waals surface area contributed by atoms with E-state index in [4.69, 9.17) is 21.1 Å². The van der Waals surface area contributed by atoms with Crippen molar-refractivity contribution in [2.45, 2.75) is 13.5 Å². The van der Waals surface area contributed by atoms with Crippen molar-refractivity contribution in [2.24, 2.45) is 0 Å². The van der Waals surface area contributed by atoms with Crippen LogP contribution in [0.2, 0.25) is 5.02 Å². The molecule has 29 heavy (non-hydrogen) atoms. The number of fused-ring (bicyclic) bond motifs is 2. The number of benzene rings is 2. The predicted molar refractivity (Wildman–Crippen MR) is 110 cm³/mol. The number of para-hydroxylation sites is 1. The van der Waals surface area contributed by atoms with Crippen molar-refractivity contribution < 1.29 is 14.3 Å². The number of hydrogen-bond acceptors (Lipinski definition) is 5. The van der Waals surface area contributed by atoms with Gasteiger partial charge in [-0.25, -0.2) is 4.98 Å². The maximum absolute atomic E-state index is 12.6. The average Bonchev–Trinajstić information content (AvgIpc) is 3.19.